The van der Waals surface area contributed by atoms with Crippen LogP contribution in [0.25, 0.3) is 22.3 Å². The minimum Gasteiger partial charge on any atom is -0.458 e. The van der Waals surface area contributed by atoms with Crippen LogP contribution >= 0.6 is 0 Å². The summed E-state index contributed by atoms with van der Waals surface area (Å²) in [5.74, 6) is -5.80. The van der Waals surface area contributed by atoms with E-state index in [1.54, 1.807) is 50.2 Å². The number of aliphatic hydroxyl groups is 1. The van der Waals surface area contributed by atoms with E-state index in [0.717, 1.165) is 10.5 Å². The molecule has 22 nitrogen and oxygen atoms in total. The lowest BCUT2D eigenvalue weighted by Gasteiger charge is -2.31. The Morgan fingerprint density at radius 1 is 0.868 bits per heavy atom. The number of pyridine rings is 2. The number of cyclic esters (lactones) is 1. The number of ether oxygens (including phenoxy) is 2. The van der Waals surface area contributed by atoms with E-state index in [1.807, 2.05) is 0 Å². The van der Waals surface area contributed by atoms with Crippen molar-refractivity contribution in [3.05, 3.63) is 110 Å². The Bertz CT molecular complexity index is 3120. The number of nitrogens with zero attached hydrogens (tertiary/aromatic N) is 3. The van der Waals surface area contributed by atoms with Gasteiger partial charge in [0.25, 0.3) is 17.4 Å². The number of esters is 1. The van der Waals surface area contributed by atoms with Gasteiger partial charge in [-0.05, 0) is 74.3 Å². The Kier molecular flexibility index (Phi) is 16.5. The third kappa shape index (κ3) is 11.5. The lowest BCUT2D eigenvalue weighted by atomic mass is 9.81. The largest absolute Gasteiger partial charge is 0.458 e. The first-order valence-electron chi connectivity index (χ1n) is 25.1. The minimum absolute atomic E-state index is 0.0341. The van der Waals surface area contributed by atoms with Crippen LogP contribution in [0, 0.1) is 12.7 Å². The molecular formula is C53H58FN9O13. The molecule has 8 rings (SSSR count). The molecule has 0 fully saturated rings. The lowest BCUT2D eigenvalue weighted by Crippen LogP contribution is -2.52. The Morgan fingerprint density at radius 2 is 1.57 bits per heavy atom. The highest BCUT2D eigenvalue weighted by molar-refractivity contribution is 6.12. The monoisotopic (exact) mass is 1050 g/mol. The van der Waals surface area contributed by atoms with Crippen LogP contribution in [0.4, 0.5) is 4.39 Å². The van der Waals surface area contributed by atoms with Gasteiger partial charge in [-0.1, -0.05) is 43.7 Å². The van der Waals surface area contributed by atoms with E-state index in [9.17, 15) is 53.1 Å². The molecule has 4 aliphatic rings. The Morgan fingerprint density at radius 3 is 2.30 bits per heavy atom. The summed E-state index contributed by atoms with van der Waals surface area (Å²) in [6.07, 6.45) is 3.68. The number of rotatable bonds is 22. The van der Waals surface area contributed by atoms with Crippen molar-refractivity contribution in [1.29, 1.82) is 0 Å². The van der Waals surface area contributed by atoms with Crippen LogP contribution in [-0.2, 0) is 84.2 Å². The van der Waals surface area contributed by atoms with E-state index in [4.69, 9.17) is 14.5 Å². The normalized spacial score (nSPS) is 17.7. The predicted molar refractivity (Wildman–Crippen MR) is 267 cm³/mol. The number of nitrogens with one attached hydrogen (secondary N) is 6. The Hall–Kier alpha value is -8.18. The molecule has 4 aromatic rings. The summed E-state index contributed by atoms with van der Waals surface area (Å²) < 4.78 is 27.8. The molecule has 3 aliphatic heterocycles. The molecule has 400 valence electrons. The molecule has 1 unspecified atom stereocenters. The molecule has 0 saturated carbocycles. The van der Waals surface area contributed by atoms with Crippen LogP contribution in [0.1, 0.15) is 97.4 Å². The van der Waals surface area contributed by atoms with Crippen molar-refractivity contribution in [3.8, 4) is 11.4 Å². The van der Waals surface area contributed by atoms with E-state index in [-0.39, 0.29) is 61.9 Å². The molecule has 8 amide bonds. The number of aromatic nitrogens is 2. The van der Waals surface area contributed by atoms with Crippen LogP contribution < -0.4 is 37.5 Å². The van der Waals surface area contributed by atoms with Gasteiger partial charge in [0.05, 0.1) is 54.7 Å². The number of benzene rings is 2. The standard InChI is InChI=1S/C53H58FN9O13/c1-4-53(74)34-20-39-48-32(25-63(39)51(72)33(34)26-75-52(53)73)47-36(15-14-31-28(2)35(54)21-37(60-48)46(31)47)61-49(70)29(3)76-27-58-42(66)23-57-50(71)38(19-30-11-7-5-8-12-30)59-43(67)24-56-41(65)22-55-40(64)13-9-6-10-18-62-44(68)16-17-45(62)69/h5,7-8,11-12,16-17,20-21,29,36,38,74H,4,6,9-10,13-15,18-19,22-27H2,1-3H3,(H,55,64)(H,56,65)(H,57,71)(H,58,66)(H,59,67)(H,61,70)/t29?,36-,38-,53-/m0/s1. The van der Waals surface area contributed by atoms with Crippen molar-refractivity contribution >= 4 is 64.1 Å². The smallest absolute Gasteiger partial charge is 0.343 e. The van der Waals surface area contributed by atoms with Crippen molar-refractivity contribution in [3.63, 3.8) is 0 Å². The summed E-state index contributed by atoms with van der Waals surface area (Å²) in [5, 5.41) is 27.5. The molecule has 0 bridgehead atoms. The molecule has 0 spiro atoms. The molecule has 5 heterocycles. The highest BCUT2D eigenvalue weighted by atomic mass is 19.1. The average molecular weight is 1050 g/mol. The maximum Gasteiger partial charge on any atom is 0.343 e. The number of halogens is 1. The summed E-state index contributed by atoms with van der Waals surface area (Å²) in [6, 6.07) is 9.81. The quantitative estimate of drug-likeness (QED) is 0.0217. The number of amides is 8. The van der Waals surface area contributed by atoms with Crippen LogP contribution in [-0.4, -0.2) is 118 Å². The first-order valence-corrected chi connectivity index (χ1v) is 25.1. The number of fused-ring (bicyclic) bond motifs is 5. The SMILES string of the molecule is CC[C@@]1(O)C(=O)OCc2c1cc1n(c2=O)Cc2c-1nc1cc(F)c(C)c3c1c2[C@@H](NC(=O)C(C)OCNC(=O)CNC(=O)[C@H](Cc1ccccc1)NC(=O)CNC(=O)CNC(=O)CCCCCN1C(=O)C=CC1=O)CC3. The highest BCUT2D eigenvalue weighted by Gasteiger charge is 2.46. The van der Waals surface area contributed by atoms with Crippen molar-refractivity contribution in [1.82, 2.24) is 46.4 Å². The second-order valence-electron chi connectivity index (χ2n) is 19.0. The fourth-order valence-corrected chi connectivity index (χ4v) is 9.86. The number of carbonyl (C=O) groups is 9. The molecule has 4 atom stereocenters. The van der Waals surface area contributed by atoms with Crippen molar-refractivity contribution in [2.24, 2.45) is 0 Å². The number of carbonyl (C=O) groups excluding carboxylic acids is 9. The summed E-state index contributed by atoms with van der Waals surface area (Å²) >= 11 is 0. The van der Waals surface area contributed by atoms with Gasteiger partial charge in [0, 0.05) is 54.1 Å². The number of unbranched alkanes of at least 4 members (excludes halogenated alkanes) is 2. The topological polar surface area (TPSA) is 303 Å². The van der Waals surface area contributed by atoms with Gasteiger partial charge < -0.3 is 51.0 Å². The maximum absolute atomic E-state index is 15.4. The summed E-state index contributed by atoms with van der Waals surface area (Å²) in [5.41, 5.74) is 1.81. The van der Waals surface area contributed by atoms with Gasteiger partial charge in [0.2, 0.25) is 35.4 Å². The fraction of sp³-hybridized carbons (Fsp3) is 0.415. The number of hydrogen-bond donors (Lipinski definition) is 7. The first kappa shape index (κ1) is 54.1. The van der Waals surface area contributed by atoms with Crippen molar-refractivity contribution < 1.29 is 62.1 Å². The molecule has 23 heteroatoms. The van der Waals surface area contributed by atoms with Crippen LogP contribution in [0.15, 0.2) is 59.4 Å². The zero-order chi connectivity index (χ0) is 54.4. The lowest BCUT2D eigenvalue weighted by molar-refractivity contribution is -0.172. The van der Waals surface area contributed by atoms with Crippen molar-refractivity contribution in [2.45, 2.75) is 109 Å². The van der Waals surface area contributed by atoms with Gasteiger partial charge in [-0.15, -0.1) is 0 Å². The average Bonchev–Trinajstić information content (AvgIpc) is 4.12. The summed E-state index contributed by atoms with van der Waals surface area (Å²) in [7, 11) is 0. The summed E-state index contributed by atoms with van der Waals surface area (Å²) in [4.78, 5) is 134. The van der Waals surface area contributed by atoms with Gasteiger partial charge >= 0.3 is 5.97 Å². The second-order valence-corrected chi connectivity index (χ2v) is 19.0. The molecule has 0 radical (unpaired) electrons. The molecule has 2 aromatic carbocycles. The van der Waals surface area contributed by atoms with Gasteiger partial charge in [0.1, 0.15) is 31.3 Å². The number of aryl methyl sites for hydroxylation is 1. The van der Waals surface area contributed by atoms with E-state index < -0.39 is 103 Å². The van der Waals surface area contributed by atoms with Crippen molar-refractivity contribution in [2.75, 3.05) is 32.9 Å². The molecule has 76 heavy (non-hydrogen) atoms. The maximum atomic E-state index is 15.4. The first-order chi connectivity index (χ1) is 36.4. The van der Waals surface area contributed by atoms with Crippen LogP contribution in [0.5, 0.6) is 0 Å². The van der Waals surface area contributed by atoms with Gasteiger partial charge in [-0.3, -0.25) is 48.1 Å². The molecule has 1 aliphatic carbocycles. The number of hydrogen-bond acceptors (Lipinski definition) is 14. The van der Waals surface area contributed by atoms with Gasteiger partial charge in [-0.25, -0.2) is 14.2 Å². The third-order valence-electron chi connectivity index (χ3n) is 14.1. The minimum atomic E-state index is -2.06. The van der Waals surface area contributed by atoms with Gasteiger partial charge in [-0.2, -0.15) is 0 Å². The number of imide groups is 1. The zero-order valence-electron chi connectivity index (χ0n) is 42.1. The Balaban J connectivity index is 0.819. The molecular weight excluding hydrogens is 990 g/mol. The molecule has 2 aromatic heterocycles. The van der Waals surface area contributed by atoms with E-state index in [1.165, 1.54) is 29.7 Å². The molecule has 7 N–H and O–H groups in total. The van der Waals surface area contributed by atoms with E-state index >= 15 is 4.39 Å². The predicted octanol–water partition coefficient (Wildman–Crippen LogP) is 0.671. The third-order valence-corrected chi connectivity index (χ3v) is 14.1. The highest BCUT2D eigenvalue weighted by Crippen LogP contribution is 2.46. The van der Waals surface area contributed by atoms with Gasteiger partial charge in [0.15, 0.2) is 5.60 Å². The Labute approximate surface area is 434 Å². The second kappa shape index (κ2) is 23.2. The van der Waals surface area contributed by atoms with E-state index in [2.05, 4.69) is 31.9 Å². The van der Waals surface area contributed by atoms with Crippen LogP contribution in [0.3, 0.4) is 0 Å². The fourth-order valence-electron chi connectivity index (χ4n) is 9.86. The zero-order valence-corrected chi connectivity index (χ0v) is 42.1. The van der Waals surface area contributed by atoms with E-state index in [0.29, 0.717) is 76.6 Å². The van der Waals surface area contributed by atoms with Crippen LogP contribution in [0.2, 0.25) is 0 Å². The molecule has 0 saturated heterocycles. The summed E-state index contributed by atoms with van der Waals surface area (Å²) in [6.45, 7) is 2.83.